The highest BCUT2D eigenvalue weighted by atomic mass is 16.2. The third-order valence-electron chi connectivity index (χ3n) is 4.33. The zero-order chi connectivity index (χ0) is 15.1. The van der Waals surface area contributed by atoms with Gasteiger partial charge in [0.05, 0.1) is 12.2 Å². The van der Waals surface area contributed by atoms with Gasteiger partial charge < -0.3 is 4.90 Å². The van der Waals surface area contributed by atoms with Crippen LogP contribution in [0.1, 0.15) is 79.6 Å². The van der Waals surface area contributed by atoms with Crippen LogP contribution in [0.3, 0.4) is 0 Å². The summed E-state index contributed by atoms with van der Waals surface area (Å²) in [6, 6.07) is 0.425. The van der Waals surface area contributed by atoms with Crippen molar-refractivity contribution in [2.24, 2.45) is 5.92 Å². The minimum atomic E-state index is 0.0630. The SMILES string of the molecule is CCCCC1NC(CCC)N(C(C)CCC(C)C)C1=O. The largest absolute Gasteiger partial charge is 0.323 e. The van der Waals surface area contributed by atoms with E-state index in [9.17, 15) is 4.79 Å². The van der Waals surface area contributed by atoms with E-state index >= 15 is 0 Å². The lowest BCUT2D eigenvalue weighted by atomic mass is 10.0. The Balaban J connectivity index is 2.65. The minimum absolute atomic E-state index is 0.0630. The van der Waals surface area contributed by atoms with Crippen LogP contribution in [0.2, 0.25) is 0 Å². The molecule has 0 bridgehead atoms. The topological polar surface area (TPSA) is 32.3 Å². The molecule has 0 spiro atoms. The number of nitrogens with one attached hydrogen (secondary N) is 1. The molecule has 0 aromatic rings. The maximum atomic E-state index is 12.6. The second-order valence-electron chi connectivity index (χ2n) is 6.73. The van der Waals surface area contributed by atoms with Gasteiger partial charge in [-0.25, -0.2) is 0 Å². The number of hydrogen-bond acceptors (Lipinski definition) is 2. The summed E-state index contributed by atoms with van der Waals surface area (Å²) in [7, 11) is 0. The molecule has 3 heteroatoms. The smallest absolute Gasteiger partial charge is 0.241 e. The van der Waals surface area contributed by atoms with E-state index in [0.717, 1.165) is 38.5 Å². The lowest BCUT2D eigenvalue weighted by Crippen LogP contribution is -2.43. The molecule has 0 radical (unpaired) electrons. The molecule has 3 unspecified atom stereocenters. The number of carbonyl (C=O) groups excluding carboxylic acids is 1. The monoisotopic (exact) mass is 282 g/mol. The maximum Gasteiger partial charge on any atom is 0.241 e. The highest BCUT2D eigenvalue weighted by Gasteiger charge is 2.39. The summed E-state index contributed by atoms with van der Waals surface area (Å²) < 4.78 is 0. The third-order valence-corrected chi connectivity index (χ3v) is 4.33. The first-order valence-corrected chi connectivity index (χ1v) is 8.59. The van der Waals surface area contributed by atoms with Crippen LogP contribution in [-0.2, 0) is 4.79 Å². The Hall–Kier alpha value is -0.570. The average Bonchev–Trinajstić information content (AvgIpc) is 2.70. The van der Waals surface area contributed by atoms with Gasteiger partial charge >= 0.3 is 0 Å². The highest BCUT2D eigenvalue weighted by molar-refractivity contribution is 5.84. The highest BCUT2D eigenvalue weighted by Crippen LogP contribution is 2.24. The van der Waals surface area contributed by atoms with Crippen LogP contribution in [0.5, 0.6) is 0 Å². The molecule has 1 amide bonds. The van der Waals surface area contributed by atoms with Crippen LogP contribution in [0, 0.1) is 5.92 Å². The molecule has 20 heavy (non-hydrogen) atoms. The van der Waals surface area contributed by atoms with E-state index < -0.39 is 0 Å². The predicted octanol–water partition coefficient (Wildman–Crippen LogP) is 3.93. The summed E-state index contributed by atoms with van der Waals surface area (Å²) in [6.07, 6.45) is 8.05. The molecule has 0 aromatic carbocycles. The lowest BCUT2D eigenvalue weighted by Gasteiger charge is -2.30. The zero-order valence-corrected chi connectivity index (χ0v) is 14.1. The fourth-order valence-electron chi connectivity index (χ4n) is 3.07. The average molecular weight is 282 g/mol. The molecule has 0 aromatic heterocycles. The van der Waals surface area contributed by atoms with E-state index in [0.29, 0.717) is 17.9 Å². The van der Waals surface area contributed by atoms with Crippen molar-refractivity contribution in [3.05, 3.63) is 0 Å². The zero-order valence-electron chi connectivity index (χ0n) is 14.1. The van der Waals surface area contributed by atoms with Gasteiger partial charge in [-0.15, -0.1) is 0 Å². The summed E-state index contributed by atoms with van der Waals surface area (Å²) in [5, 5.41) is 3.57. The molecule has 3 atom stereocenters. The first-order chi connectivity index (χ1) is 9.51. The van der Waals surface area contributed by atoms with Gasteiger partial charge in [-0.05, 0) is 38.5 Å². The van der Waals surface area contributed by atoms with Crippen LogP contribution in [0.15, 0.2) is 0 Å². The standard InChI is InChI=1S/C17H34N2O/c1-6-8-10-15-17(20)19(16(18-15)9-7-2)14(5)12-11-13(3)4/h13-16,18H,6-12H2,1-5H3. The van der Waals surface area contributed by atoms with Crippen molar-refractivity contribution < 1.29 is 4.79 Å². The molecule has 1 aliphatic heterocycles. The van der Waals surface area contributed by atoms with E-state index in [1.807, 2.05) is 0 Å². The van der Waals surface area contributed by atoms with Crippen LogP contribution < -0.4 is 5.32 Å². The summed E-state index contributed by atoms with van der Waals surface area (Å²) in [5.41, 5.74) is 0. The molecule has 1 fully saturated rings. The molecule has 1 heterocycles. The number of nitrogens with zero attached hydrogens (tertiary/aromatic N) is 1. The fraction of sp³-hybridized carbons (Fsp3) is 0.941. The molecule has 1 N–H and O–H groups in total. The molecule has 1 rings (SSSR count). The molecule has 118 valence electrons. The Morgan fingerprint density at radius 3 is 2.35 bits per heavy atom. The Morgan fingerprint density at radius 1 is 1.10 bits per heavy atom. The van der Waals surface area contributed by atoms with Gasteiger partial charge in [0.1, 0.15) is 0 Å². The molecular weight excluding hydrogens is 248 g/mol. The van der Waals surface area contributed by atoms with Crippen molar-refractivity contribution in [3.63, 3.8) is 0 Å². The van der Waals surface area contributed by atoms with Crippen LogP contribution >= 0.6 is 0 Å². The van der Waals surface area contributed by atoms with Gasteiger partial charge in [0.15, 0.2) is 0 Å². The molecule has 0 aliphatic carbocycles. The second-order valence-corrected chi connectivity index (χ2v) is 6.73. The third kappa shape index (κ3) is 4.76. The van der Waals surface area contributed by atoms with Crippen molar-refractivity contribution in [1.82, 2.24) is 10.2 Å². The Bertz CT molecular complexity index is 291. The number of carbonyl (C=O) groups is 1. The Kier molecular flexibility index (Phi) is 7.57. The van der Waals surface area contributed by atoms with E-state index in [1.165, 1.54) is 6.42 Å². The Labute approximate surface area is 125 Å². The number of unbranched alkanes of at least 4 members (excludes halogenated alkanes) is 1. The summed E-state index contributed by atoms with van der Waals surface area (Å²) >= 11 is 0. The summed E-state index contributed by atoms with van der Waals surface area (Å²) in [4.78, 5) is 14.8. The molecule has 1 saturated heterocycles. The van der Waals surface area contributed by atoms with Crippen LogP contribution in [-0.4, -0.2) is 29.1 Å². The van der Waals surface area contributed by atoms with Crippen molar-refractivity contribution in [2.75, 3.05) is 0 Å². The van der Waals surface area contributed by atoms with Gasteiger partial charge in [0.25, 0.3) is 0 Å². The molecule has 1 aliphatic rings. The summed E-state index contributed by atoms with van der Waals surface area (Å²) in [6.45, 7) is 11.1. The van der Waals surface area contributed by atoms with Crippen LogP contribution in [0.25, 0.3) is 0 Å². The van der Waals surface area contributed by atoms with Crippen molar-refractivity contribution in [1.29, 1.82) is 0 Å². The van der Waals surface area contributed by atoms with Crippen molar-refractivity contribution in [2.45, 2.75) is 97.8 Å². The van der Waals surface area contributed by atoms with Gasteiger partial charge in [0, 0.05) is 6.04 Å². The number of amides is 1. The predicted molar refractivity (Wildman–Crippen MR) is 85.5 cm³/mol. The normalized spacial score (nSPS) is 24.7. The van der Waals surface area contributed by atoms with E-state index in [2.05, 4.69) is 44.8 Å². The maximum absolute atomic E-state index is 12.6. The Morgan fingerprint density at radius 2 is 1.80 bits per heavy atom. The number of rotatable bonds is 9. The van der Waals surface area contributed by atoms with Gasteiger partial charge in [-0.1, -0.05) is 47.0 Å². The quantitative estimate of drug-likeness (QED) is 0.695. The van der Waals surface area contributed by atoms with E-state index in [-0.39, 0.29) is 12.2 Å². The van der Waals surface area contributed by atoms with Gasteiger partial charge in [0.2, 0.25) is 5.91 Å². The second kappa shape index (κ2) is 8.66. The fourth-order valence-corrected chi connectivity index (χ4v) is 3.07. The van der Waals surface area contributed by atoms with Crippen molar-refractivity contribution in [3.8, 4) is 0 Å². The van der Waals surface area contributed by atoms with E-state index in [1.54, 1.807) is 0 Å². The van der Waals surface area contributed by atoms with E-state index in [4.69, 9.17) is 0 Å². The first kappa shape index (κ1) is 17.5. The molecular formula is C17H34N2O. The summed E-state index contributed by atoms with van der Waals surface area (Å²) in [5.74, 6) is 1.05. The van der Waals surface area contributed by atoms with Gasteiger partial charge in [-0.2, -0.15) is 0 Å². The lowest BCUT2D eigenvalue weighted by molar-refractivity contribution is -0.132. The van der Waals surface area contributed by atoms with Crippen molar-refractivity contribution >= 4 is 5.91 Å². The van der Waals surface area contributed by atoms with Crippen LogP contribution in [0.4, 0.5) is 0 Å². The first-order valence-electron chi connectivity index (χ1n) is 8.59. The molecule has 0 saturated carbocycles. The minimum Gasteiger partial charge on any atom is -0.323 e. The molecule has 3 nitrogen and oxygen atoms in total. The van der Waals surface area contributed by atoms with Gasteiger partial charge in [-0.3, -0.25) is 10.1 Å². The number of hydrogen-bond donors (Lipinski definition) is 1.